The summed E-state index contributed by atoms with van der Waals surface area (Å²) in [5.41, 5.74) is 7.11. The van der Waals surface area contributed by atoms with Gasteiger partial charge in [-0.25, -0.2) is 0 Å². The fourth-order valence-electron chi connectivity index (χ4n) is 1.99. The number of hydrogen-bond acceptors (Lipinski definition) is 5. The molecule has 2 heterocycles. The molecular weight excluding hydrogens is 312 g/mol. The summed E-state index contributed by atoms with van der Waals surface area (Å²) in [5.74, 6) is -0.320. The minimum atomic E-state index is -0.402. The lowest BCUT2D eigenvalue weighted by atomic mass is 10.1. The average molecular weight is 326 g/mol. The van der Waals surface area contributed by atoms with Gasteiger partial charge in [0.15, 0.2) is 5.69 Å². The van der Waals surface area contributed by atoms with E-state index in [0.29, 0.717) is 11.3 Å². The van der Waals surface area contributed by atoms with E-state index < -0.39 is 5.91 Å². The molecule has 1 amide bonds. The molecule has 3 rings (SSSR count). The van der Waals surface area contributed by atoms with Crippen LogP contribution in [0.4, 0.5) is 0 Å². The SMILES string of the molecule is C=C(NNC(=O)c1cc(-c2cccs2)[nH]n1)c1ccccc1O. The minimum absolute atomic E-state index is 0.0824. The van der Waals surface area contributed by atoms with Crippen LogP contribution in [0.1, 0.15) is 16.1 Å². The number of nitrogens with zero attached hydrogens (tertiary/aromatic N) is 1. The number of nitrogens with one attached hydrogen (secondary N) is 3. The van der Waals surface area contributed by atoms with Crippen molar-refractivity contribution in [1.29, 1.82) is 0 Å². The smallest absolute Gasteiger partial charge is 0.290 e. The second-order valence-electron chi connectivity index (χ2n) is 4.72. The van der Waals surface area contributed by atoms with Crippen LogP contribution in [0, 0.1) is 0 Å². The van der Waals surface area contributed by atoms with Gasteiger partial charge in [-0.15, -0.1) is 11.3 Å². The number of phenols is 1. The van der Waals surface area contributed by atoms with Crippen molar-refractivity contribution < 1.29 is 9.90 Å². The van der Waals surface area contributed by atoms with Crippen LogP contribution in [0.25, 0.3) is 16.3 Å². The highest BCUT2D eigenvalue weighted by Crippen LogP contribution is 2.23. The zero-order valence-corrected chi connectivity index (χ0v) is 12.9. The summed E-state index contributed by atoms with van der Waals surface area (Å²) in [5, 5.41) is 18.5. The van der Waals surface area contributed by atoms with Crippen molar-refractivity contribution in [3.8, 4) is 16.3 Å². The molecule has 0 aliphatic heterocycles. The quantitative estimate of drug-likeness (QED) is 0.543. The first kappa shape index (κ1) is 14.9. The monoisotopic (exact) mass is 326 g/mol. The third-order valence-electron chi connectivity index (χ3n) is 3.15. The van der Waals surface area contributed by atoms with Gasteiger partial charge < -0.3 is 5.11 Å². The number of H-pyrrole nitrogens is 1. The number of thiophene rings is 1. The molecule has 0 aliphatic carbocycles. The Labute approximate surface area is 136 Å². The molecule has 23 heavy (non-hydrogen) atoms. The van der Waals surface area contributed by atoms with Crippen LogP contribution in [-0.4, -0.2) is 21.2 Å². The maximum Gasteiger partial charge on any atom is 0.290 e. The Morgan fingerprint density at radius 1 is 1.22 bits per heavy atom. The van der Waals surface area contributed by atoms with Crippen LogP contribution in [0.15, 0.2) is 54.4 Å². The molecular formula is C16H14N4O2S. The first-order valence-electron chi connectivity index (χ1n) is 6.78. The molecule has 3 aromatic rings. The van der Waals surface area contributed by atoms with E-state index in [-0.39, 0.29) is 11.4 Å². The molecule has 2 aromatic heterocycles. The standard InChI is InChI=1S/C16H14N4O2S/c1-10(11-5-2-3-6-14(11)21)17-20-16(22)13-9-12(18-19-13)15-7-4-8-23-15/h2-9,17,21H,1H2,(H,18,19)(H,20,22). The first-order valence-corrected chi connectivity index (χ1v) is 7.66. The van der Waals surface area contributed by atoms with Gasteiger partial charge in [0.2, 0.25) is 0 Å². The fraction of sp³-hybridized carbons (Fsp3) is 0. The minimum Gasteiger partial charge on any atom is -0.507 e. The summed E-state index contributed by atoms with van der Waals surface area (Å²) in [6.07, 6.45) is 0. The molecule has 0 spiro atoms. The molecule has 0 radical (unpaired) electrons. The second-order valence-corrected chi connectivity index (χ2v) is 5.67. The number of aromatic hydroxyl groups is 1. The van der Waals surface area contributed by atoms with E-state index in [4.69, 9.17) is 0 Å². The van der Waals surface area contributed by atoms with Crippen molar-refractivity contribution in [1.82, 2.24) is 21.0 Å². The Bertz CT molecular complexity index is 839. The maximum absolute atomic E-state index is 12.1. The van der Waals surface area contributed by atoms with Gasteiger partial charge in [-0.2, -0.15) is 5.10 Å². The number of phenolic OH excluding ortho intramolecular Hbond substituents is 1. The molecule has 0 saturated carbocycles. The lowest BCUT2D eigenvalue weighted by Gasteiger charge is -2.11. The molecule has 0 aliphatic rings. The second kappa shape index (κ2) is 6.37. The largest absolute Gasteiger partial charge is 0.507 e. The zero-order valence-electron chi connectivity index (χ0n) is 12.0. The van der Waals surface area contributed by atoms with Crippen LogP contribution in [0.2, 0.25) is 0 Å². The molecule has 0 fully saturated rings. The van der Waals surface area contributed by atoms with E-state index in [2.05, 4.69) is 27.6 Å². The van der Waals surface area contributed by atoms with E-state index in [1.54, 1.807) is 41.7 Å². The van der Waals surface area contributed by atoms with Crippen molar-refractivity contribution in [2.24, 2.45) is 0 Å². The van der Waals surface area contributed by atoms with Crippen molar-refractivity contribution in [3.05, 3.63) is 65.7 Å². The summed E-state index contributed by atoms with van der Waals surface area (Å²) >= 11 is 1.56. The third kappa shape index (κ3) is 3.24. The number of aromatic nitrogens is 2. The van der Waals surface area contributed by atoms with Crippen LogP contribution in [-0.2, 0) is 0 Å². The summed E-state index contributed by atoms with van der Waals surface area (Å²) in [7, 11) is 0. The number of rotatable bonds is 5. The lowest BCUT2D eigenvalue weighted by molar-refractivity contribution is 0.0937. The molecule has 116 valence electrons. The summed E-state index contributed by atoms with van der Waals surface area (Å²) in [6.45, 7) is 3.78. The molecule has 1 aromatic carbocycles. The highest BCUT2D eigenvalue weighted by atomic mass is 32.1. The number of carbonyl (C=O) groups excluding carboxylic acids is 1. The Hall–Kier alpha value is -3.06. The number of para-hydroxylation sites is 1. The Morgan fingerprint density at radius 2 is 2.04 bits per heavy atom. The molecule has 0 bridgehead atoms. The lowest BCUT2D eigenvalue weighted by Crippen LogP contribution is -2.36. The number of hydrazine groups is 1. The highest BCUT2D eigenvalue weighted by Gasteiger charge is 2.12. The van der Waals surface area contributed by atoms with E-state index >= 15 is 0 Å². The predicted octanol–water partition coefficient (Wildman–Crippen LogP) is 2.75. The highest BCUT2D eigenvalue weighted by molar-refractivity contribution is 7.13. The molecule has 6 nitrogen and oxygen atoms in total. The first-order chi connectivity index (χ1) is 11.1. The third-order valence-corrected chi connectivity index (χ3v) is 4.06. The van der Waals surface area contributed by atoms with Gasteiger partial charge in [-0.05, 0) is 29.6 Å². The Balaban J connectivity index is 1.64. The van der Waals surface area contributed by atoms with Crippen LogP contribution in [0.5, 0.6) is 5.75 Å². The number of hydrogen-bond donors (Lipinski definition) is 4. The van der Waals surface area contributed by atoms with Crippen LogP contribution < -0.4 is 10.9 Å². The molecule has 0 saturated heterocycles. The molecule has 0 unspecified atom stereocenters. The normalized spacial score (nSPS) is 10.3. The number of benzene rings is 1. The van der Waals surface area contributed by atoms with Gasteiger partial charge in [-0.3, -0.25) is 20.7 Å². The number of carbonyl (C=O) groups is 1. The summed E-state index contributed by atoms with van der Waals surface area (Å²) < 4.78 is 0. The van der Waals surface area contributed by atoms with Gasteiger partial charge in [0.25, 0.3) is 5.91 Å². The molecule has 4 N–H and O–H groups in total. The van der Waals surface area contributed by atoms with Gasteiger partial charge in [0.05, 0.1) is 16.3 Å². The van der Waals surface area contributed by atoms with E-state index in [9.17, 15) is 9.90 Å². The molecule has 7 heteroatoms. The Morgan fingerprint density at radius 3 is 2.78 bits per heavy atom. The van der Waals surface area contributed by atoms with E-state index in [0.717, 1.165) is 10.6 Å². The van der Waals surface area contributed by atoms with Gasteiger partial charge in [-0.1, -0.05) is 24.8 Å². The van der Waals surface area contributed by atoms with Gasteiger partial charge in [0, 0.05) is 5.56 Å². The summed E-state index contributed by atoms with van der Waals surface area (Å²) in [4.78, 5) is 13.1. The van der Waals surface area contributed by atoms with Crippen molar-refractivity contribution in [2.75, 3.05) is 0 Å². The van der Waals surface area contributed by atoms with E-state index in [1.807, 2.05) is 17.5 Å². The zero-order chi connectivity index (χ0) is 16.2. The fourth-order valence-corrected chi connectivity index (χ4v) is 2.68. The van der Waals surface area contributed by atoms with Crippen LogP contribution >= 0.6 is 11.3 Å². The maximum atomic E-state index is 12.1. The Kier molecular flexibility index (Phi) is 4.11. The number of amides is 1. The van der Waals surface area contributed by atoms with Crippen molar-refractivity contribution in [2.45, 2.75) is 0 Å². The predicted molar refractivity (Wildman–Crippen MR) is 89.6 cm³/mol. The number of aromatic amines is 1. The summed E-state index contributed by atoms with van der Waals surface area (Å²) in [6, 6.07) is 12.3. The topological polar surface area (TPSA) is 90.0 Å². The van der Waals surface area contributed by atoms with Crippen molar-refractivity contribution >= 4 is 22.9 Å². The van der Waals surface area contributed by atoms with Crippen LogP contribution in [0.3, 0.4) is 0 Å². The van der Waals surface area contributed by atoms with Gasteiger partial charge >= 0.3 is 0 Å². The van der Waals surface area contributed by atoms with Crippen molar-refractivity contribution in [3.63, 3.8) is 0 Å². The van der Waals surface area contributed by atoms with E-state index in [1.165, 1.54) is 0 Å². The molecule has 0 atom stereocenters. The van der Waals surface area contributed by atoms with Gasteiger partial charge in [0.1, 0.15) is 5.75 Å². The average Bonchev–Trinajstić information content (AvgIpc) is 3.23.